The molecule has 4 rings (SSSR count). The molecule has 4 N–H and O–H groups in total. The maximum Gasteiger partial charge on any atom is 1.00 e. The largest absolute Gasteiger partial charge is 1.00 e. The summed E-state index contributed by atoms with van der Waals surface area (Å²) < 4.78 is 38.2. The quantitative estimate of drug-likeness (QED) is 0.155. The second kappa shape index (κ2) is 8.59. The van der Waals surface area contributed by atoms with Crippen molar-refractivity contribution in [3.05, 3.63) is 12.7 Å². The first-order chi connectivity index (χ1) is 13.8. The average molecular weight is 469 g/mol. The average Bonchev–Trinajstić information content (AvgIpc) is 2.83. The van der Waals surface area contributed by atoms with Gasteiger partial charge in [-0.25, -0.2) is 8.42 Å². The molecule has 4 aliphatic carbocycles. The molecule has 0 aromatic carbocycles. The molecular formula is C21H33NaO8S. The maximum atomic E-state index is 11.2. The van der Waals surface area contributed by atoms with Crippen molar-refractivity contribution in [2.75, 3.05) is 0 Å². The molecule has 0 saturated heterocycles. The van der Waals surface area contributed by atoms with Gasteiger partial charge < -0.3 is 25.0 Å². The van der Waals surface area contributed by atoms with E-state index in [2.05, 4.69) is 17.7 Å². The van der Waals surface area contributed by atoms with Crippen LogP contribution in [-0.2, 0) is 14.6 Å². The van der Waals surface area contributed by atoms with Gasteiger partial charge in [-0.05, 0) is 66.6 Å². The van der Waals surface area contributed by atoms with Gasteiger partial charge in [0.1, 0.15) is 12.2 Å². The van der Waals surface area contributed by atoms with Crippen LogP contribution in [0.25, 0.3) is 0 Å². The summed E-state index contributed by atoms with van der Waals surface area (Å²) in [5.41, 5.74) is -0.846. The van der Waals surface area contributed by atoms with E-state index < -0.39 is 46.3 Å². The van der Waals surface area contributed by atoms with Gasteiger partial charge in [0.15, 0.2) is 0 Å². The van der Waals surface area contributed by atoms with Crippen LogP contribution < -0.4 is 29.6 Å². The Bertz CT molecular complexity index is 807. The van der Waals surface area contributed by atoms with Crippen LogP contribution in [0.15, 0.2) is 12.7 Å². The van der Waals surface area contributed by atoms with Crippen LogP contribution in [0.5, 0.6) is 0 Å². The number of fused-ring (bicyclic) bond motifs is 5. The van der Waals surface area contributed by atoms with Gasteiger partial charge in [-0.3, -0.25) is 4.18 Å². The smallest absolute Gasteiger partial charge is 0.726 e. The molecule has 0 aromatic heterocycles. The number of hydrogen-bond acceptors (Lipinski definition) is 8. The van der Waals surface area contributed by atoms with Crippen molar-refractivity contribution < 1.29 is 67.1 Å². The van der Waals surface area contributed by atoms with Crippen molar-refractivity contribution in [3.63, 3.8) is 0 Å². The van der Waals surface area contributed by atoms with Crippen LogP contribution >= 0.6 is 0 Å². The zero-order chi connectivity index (χ0) is 22.2. The van der Waals surface area contributed by atoms with Crippen LogP contribution in [-0.4, -0.2) is 63.9 Å². The van der Waals surface area contributed by atoms with E-state index in [1.54, 1.807) is 6.08 Å². The predicted octanol–water partition coefficient (Wildman–Crippen LogP) is -2.44. The van der Waals surface area contributed by atoms with Crippen molar-refractivity contribution in [1.82, 2.24) is 0 Å². The van der Waals surface area contributed by atoms with E-state index in [4.69, 9.17) is 0 Å². The molecule has 0 heterocycles. The summed E-state index contributed by atoms with van der Waals surface area (Å²) >= 11 is 0. The number of hydrogen-bond donors (Lipinski definition) is 4. The molecule has 0 aromatic rings. The monoisotopic (exact) mass is 468 g/mol. The Labute approximate surface area is 206 Å². The Kier molecular flexibility index (Phi) is 7.22. The van der Waals surface area contributed by atoms with Gasteiger partial charge in [0, 0.05) is 5.92 Å². The fourth-order valence-corrected chi connectivity index (χ4v) is 8.62. The van der Waals surface area contributed by atoms with Gasteiger partial charge in [-0.1, -0.05) is 19.9 Å². The van der Waals surface area contributed by atoms with Crippen LogP contribution in [0.3, 0.4) is 0 Å². The van der Waals surface area contributed by atoms with Gasteiger partial charge in [0.25, 0.3) is 0 Å². The molecule has 12 unspecified atom stereocenters. The van der Waals surface area contributed by atoms with Crippen LogP contribution in [0.1, 0.15) is 46.0 Å². The Morgan fingerprint density at radius 3 is 2.19 bits per heavy atom. The molecule has 0 radical (unpaired) electrons. The molecule has 4 saturated carbocycles. The predicted molar refractivity (Wildman–Crippen MR) is 106 cm³/mol. The molecule has 0 bridgehead atoms. The minimum Gasteiger partial charge on any atom is -0.726 e. The summed E-state index contributed by atoms with van der Waals surface area (Å²) in [7, 11) is -5.03. The molecular weight excluding hydrogens is 435 g/mol. The van der Waals surface area contributed by atoms with Crippen molar-refractivity contribution in [2.45, 2.75) is 76.5 Å². The Balaban J connectivity index is 0.00000272. The van der Waals surface area contributed by atoms with E-state index in [1.807, 2.05) is 6.92 Å². The zero-order valence-electron chi connectivity index (χ0n) is 18.4. The zero-order valence-corrected chi connectivity index (χ0v) is 21.2. The molecule has 0 amide bonds. The van der Waals surface area contributed by atoms with Crippen LogP contribution in [0.4, 0.5) is 0 Å². The third kappa shape index (κ3) is 3.90. The van der Waals surface area contributed by atoms with E-state index in [-0.39, 0.29) is 71.0 Å². The molecule has 4 aliphatic rings. The topological polar surface area (TPSA) is 147 Å². The number of rotatable bonds is 3. The van der Waals surface area contributed by atoms with E-state index in [0.29, 0.717) is 6.42 Å². The van der Waals surface area contributed by atoms with E-state index in [0.717, 1.165) is 19.3 Å². The second-order valence-electron chi connectivity index (χ2n) is 10.5. The summed E-state index contributed by atoms with van der Waals surface area (Å²) in [5.74, 6) is -0.483. The summed E-state index contributed by atoms with van der Waals surface area (Å²) in [6.07, 6.45) is -0.890. The normalized spacial score (nSPS) is 54.2. The second-order valence-corrected chi connectivity index (χ2v) is 11.5. The molecule has 31 heavy (non-hydrogen) atoms. The molecule has 172 valence electrons. The minimum atomic E-state index is -5.03. The van der Waals surface area contributed by atoms with Crippen molar-refractivity contribution >= 4 is 10.4 Å². The first-order valence-corrected chi connectivity index (χ1v) is 12.2. The third-order valence-corrected chi connectivity index (χ3v) is 9.85. The minimum absolute atomic E-state index is 0. The fraction of sp³-hybridized carbons (Fsp3) is 0.905. The first kappa shape index (κ1) is 26.1. The first-order valence-electron chi connectivity index (χ1n) is 10.8. The van der Waals surface area contributed by atoms with E-state index in [9.17, 15) is 33.4 Å². The van der Waals surface area contributed by atoms with Gasteiger partial charge in [0.2, 0.25) is 10.4 Å². The van der Waals surface area contributed by atoms with E-state index in [1.165, 1.54) is 0 Å². The van der Waals surface area contributed by atoms with E-state index >= 15 is 0 Å². The van der Waals surface area contributed by atoms with Gasteiger partial charge in [-0.2, -0.15) is 0 Å². The molecule has 8 nitrogen and oxygen atoms in total. The third-order valence-electron chi connectivity index (χ3n) is 9.37. The fourth-order valence-electron chi connectivity index (χ4n) is 8.14. The van der Waals surface area contributed by atoms with Gasteiger partial charge >= 0.3 is 29.6 Å². The standard InChI is InChI=1S/C21H34O8S.Na/c1-4-11-16(22)19(25)15-10-5-6-13-17(23)18(24)14(29-30(26,27)28)9-21(13,3)12(10)7-8-20(11,15)2;/h4,10-19,22-25H,1,5-9H2,2-3H3,(H,26,27,28);/q;+1/p-1. The van der Waals surface area contributed by atoms with Gasteiger partial charge in [-0.15, -0.1) is 6.58 Å². The number of aliphatic hydroxyl groups is 4. The number of aliphatic hydroxyl groups excluding tert-OH is 4. The van der Waals surface area contributed by atoms with Gasteiger partial charge in [0.05, 0.1) is 18.3 Å². The van der Waals surface area contributed by atoms with Crippen LogP contribution in [0, 0.1) is 40.4 Å². The summed E-state index contributed by atoms with van der Waals surface area (Å²) in [4.78, 5) is 0. The molecule has 0 aliphatic heterocycles. The SMILES string of the molecule is C=CC1C(O)C(O)C2C3CCC4C(O)C(O)C(OS(=O)(=O)[O-])CC4(C)C3CCC12C.[Na+]. The molecule has 0 spiro atoms. The summed E-state index contributed by atoms with van der Waals surface area (Å²) in [5, 5.41) is 42.8. The molecule has 12 atom stereocenters. The van der Waals surface area contributed by atoms with Crippen LogP contribution in [0.2, 0.25) is 0 Å². The molecule has 4 fully saturated rings. The maximum absolute atomic E-state index is 11.2. The van der Waals surface area contributed by atoms with Crippen molar-refractivity contribution in [2.24, 2.45) is 40.4 Å². The summed E-state index contributed by atoms with van der Waals surface area (Å²) in [6.45, 7) is 7.95. The Morgan fingerprint density at radius 1 is 0.968 bits per heavy atom. The molecule has 10 heteroatoms. The Hall–Kier alpha value is 0.450. The van der Waals surface area contributed by atoms with Crippen molar-refractivity contribution in [1.29, 1.82) is 0 Å². The summed E-state index contributed by atoms with van der Waals surface area (Å²) in [6, 6.07) is 0. The Morgan fingerprint density at radius 2 is 1.61 bits per heavy atom. The van der Waals surface area contributed by atoms with Crippen molar-refractivity contribution in [3.8, 4) is 0 Å².